The van der Waals surface area contributed by atoms with Crippen molar-refractivity contribution in [2.45, 2.75) is 6.54 Å². The van der Waals surface area contributed by atoms with Crippen molar-refractivity contribution in [3.05, 3.63) is 71.2 Å². The number of para-hydroxylation sites is 1. The van der Waals surface area contributed by atoms with Crippen LogP contribution in [0.3, 0.4) is 0 Å². The minimum atomic E-state index is 0.718. The van der Waals surface area contributed by atoms with Crippen molar-refractivity contribution in [1.29, 1.82) is 0 Å². The first-order valence-electron chi connectivity index (χ1n) is 6.26. The fourth-order valence-electron chi connectivity index (χ4n) is 1.86. The average molecular weight is 329 g/mol. The molecule has 4 nitrogen and oxygen atoms in total. The van der Waals surface area contributed by atoms with Crippen LogP contribution >= 0.6 is 15.9 Å². The quantitative estimate of drug-likeness (QED) is 0.743. The van der Waals surface area contributed by atoms with Gasteiger partial charge in [0.1, 0.15) is 4.60 Å². The minimum Gasteiger partial charge on any atom is -0.380 e. The molecule has 0 aliphatic heterocycles. The SMILES string of the molecule is Brc1ccc(NCc2cnn(-c3ccccc3)c2)cn1. The number of benzene rings is 1. The lowest BCUT2D eigenvalue weighted by Crippen LogP contribution is -1.99. The summed E-state index contributed by atoms with van der Waals surface area (Å²) < 4.78 is 2.71. The molecule has 5 heteroatoms. The molecule has 0 amide bonds. The van der Waals surface area contributed by atoms with Crippen molar-refractivity contribution in [3.8, 4) is 5.69 Å². The lowest BCUT2D eigenvalue weighted by molar-refractivity contribution is 0.880. The molecule has 0 saturated heterocycles. The molecule has 0 aliphatic rings. The second kappa shape index (κ2) is 5.88. The van der Waals surface area contributed by atoms with E-state index >= 15 is 0 Å². The molecule has 3 rings (SSSR count). The summed E-state index contributed by atoms with van der Waals surface area (Å²) in [6.07, 6.45) is 5.69. The molecule has 0 saturated carbocycles. The van der Waals surface area contributed by atoms with Gasteiger partial charge < -0.3 is 5.32 Å². The molecule has 0 fully saturated rings. The summed E-state index contributed by atoms with van der Waals surface area (Å²) in [6, 6.07) is 14.0. The highest BCUT2D eigenvalue weighted by Gasteiger charge is 2.01. The number of anilines is 1. The van der Waals surface area contributed by atoms with Gasteiger partial charge in [0.25, 0.3) is 0 Å². The van der Waals surface area contributed by atoms with Gasteiger partial charge in [-0.1, -0.05) is 18.2 Å². The lowest BCUT2D eigenvalue weighted by Gasteiger charge is -2.03. The molecule has 0 unspecified atom stereocenters. The van der Waals surface area contributed by atoms with Gasteiger partial charge in [0, 0.05) is 18.3 Å². The highest BCUT2D eigenvalue weighted by molar-refractivity contribution is 9.10. The van der Waals surface area contributed by atoms with E-state index in [-0.39, 0.29) is 0 Å². The number of hydrogen-bond acceptors (Lipinski definition) is 3. The fraction of sp³-hybridized carbons (Fsp3) is 0.0667. The van der Waals surface area contributed by atoms with E-state index in [1.165, 1.54) is 0 Å². The third kappa shape index (κ3) is 3.05. The Morgan fingerprint density at radius 3 is 2.65 bits per heavy atom. The number of rotatable bonds is 4. The van der Waals surface area contributed by atoms with Gasteiger partial charge in [-0.3, -0.25) is 0 Å². The second-order valence-electron chi connectivity index (χ2n) is 4.35. The first-order valence-corrected chi connectivity index (χ1v) is 7.05. The van der Waals surface area contributed by atoms with E-state index in [4.69, 9.17) is 0 Å². The Hall–Kier alpha value is -2.14. The zero-order chi connectivity index (χ0) is 13.8. The van der Waals surface area contributed by atoms with Crippen LogP contribution in [0.1, 0.15) is 5.56 Å². The van der Waals surface area contributed by atoms with Crippen LogP contribution in [0.25, 0.3) is 5.69 Å². The fourth-order valence-corrected chi connectivity index (χ4v) is 2.09. The van der Waals surface area contributed by atoms with Crippen LogP contribution in [0.2, 0.25) is 0 Å². The van der Waals surface area contributed by atoms with Crippen molar-refractivity contribution in [1.82, 2.24) is 14.8 Å². The summed E-state index contributed by atoms with van der Waals surface area (Å²) in [4.78, 5) is 4.18. The van der Waals surface area contributed by atoms with E-state index in [1.807, 2.05) is 59.5 Å². The van der Waals surface area contributed by atoms with Crippen LogP contribution in [0.5, 0.6) is 0 Å². The Bertz CT molecular complexity index is 677. The molecule has 3 aromatic rings. The molecule has 2 heterocycles. The van der Waals surface area contributed by atoms with E-state index in [9.17, 15) is 0 Å². The Morgan fingerprint density at radius 1 is 1.05 bits per heavy atom. The van der Waals surface area contributed by atoms with E-state index in [2.05, 4.69) is 31.3 Å². The summed E-state index contributed by atoms with van der Waals surface area (Å²) in [5.74, 6) is 0. The molecular formula is C15H13BrN4. The summed E-state index contributed by atoms with van der Waals surface area (Å²) in [6.45, 7) is 0.718. The van der Waals surface area contributed by atoms with Crippen LogP contribution in [0.15, 0.2) is 65.7 Å². The topological polar surface area (TPSA) is 42.7 Å². The van der Waals surface area contributed by atoms with Gasteiger partial charge >= 0.3 is 0 Å². The summed E-state index contributed by atoms with van der Waals surface area (Å²) in [7, 11) is 0. The third-order valence-electron chi connectivity index (χ3n) is 2.88. The normalized spacial score (nSPS) is 10.4. The monoisotopic (exact) mass is 328 g/mol. The molecule has 20 heavy (non-hydrogen) atoms. The molecular weight excluding hydrogens is 316 g/mol. The van der Waals surface area contributed by atoms with Crippen molar-refractivity contribution >= 4 is 21.6 Å². The van der Waals surface area contributed by atoms with Gasteiger partial charge in [0.15, 0.2) is 0 Å². The number of nitrogens with one attached hydrogen (secondary N) is 1. The van der Waals surface area contributed by atoms with Crippen LogP contribution in [-0.2, 0) is 6.54 Å². The third-order valence-corrected chi connectivity index (χ3v) is 3.35. The Morgan fingerprint density at radius 2 is 1.90 bits per heavy atom. The Labute approximate surface area is 125 Å². The first kappa shape index (κ1) is 12.9. The van der Waals surface area contributed by atoms with Crippen molar-refractivity contribution in [2.24, 2.45) is 0 Å². The average Bonchev–Trinajstić information content (AvgIpc) is 2.97. The highest BCUT2D eigenvalue weighted by atomic mass is 79.9. The number of nitrogens with zero attached hydrogens (tertiary/aromatic N) is 3. The maximum atomic E-state index is 4.37. The summed E-state index contributed by atoms with van der Waals surface area (Å²) in [5, 5.41) is 7.68. The molecule has 1 aromatic carbocycles. The zero-order valence-electron chi connectivity index (χ0n) is 10.7. The molecule has 0 radical (unpaired) electrons. The van der Waals surface area contributed by atoms with Gasteiger partial charge in [-0.15, -0.1) is 0 Å². The lowest BCUT2D eigenvalue weighted by atomic mass is 10.3. The van der Waals surface area contributed by atoms with E-state index in [0.29, 0.717) is 0 Å². The number of aromatic nitrogens is 3. The predicted molar refractivity (Wildman–Crippen MR) is 82.8 cm³/mol. The number of hydrogen-bond donors (Lipinski definition) is 1. The molecule has 1 N–H and O–H groups in total. The van der Waals surface area contributed by atoms with Gasteiger partial charge in [0.05, 0.1) is 23.8 Å². The van der Waals surface area contributed by atoms with Crippen LogP contribution < -0.4 is 5.32 Å². The van der Waals surface area contributed by atoms with E-state index in [0.717, 1.165) is 28.1 Å². The van der Waals surface area contributed by atoms with Crippen molar-refractivity contribution in [2.75, 3.05) is 5.32 Å². The van der Waals surface area contributed by atoms with E-state index < -0.39 is 0 Å². The van der Waals surface area contributed by atoms with E-state index in [1.54, 1.807) is 6.20 Å². The largest absolute Gasteiger partial charge is 0.380 e. The molecule has 0 spiro atoms. The first-order chi connectivity index (χ1) is 9.81. The minimum absolute atomic E-state index is 0.718. The Kier molecular flexibility index (Phi) is 3.78. The highest BCUT2D eigenvalue weighted by Crippen LogP contribution is 2.12. The smallest absolute Gasteiger partial charge is 0.106 e. The predicted octanol–water partition coefficient (Wildman–Crippen LogP) is 3.64. The van der Waals surface area contributed by atoms with Gasteiger partial charge in [-0.05, 0) is 40.2 Å². The molecule has 0 bridgehead atoms. The molecule has 100 valence electrons. The molecule has 0 atom stereocenters. The second-order valence-corrected chi connectivity index (χ2v) is 5.16. The maximum absolute atomic E-state index is 4.37. The Balaban J connectivity index is 1.67. The van der Waals surface area contributed by atoms with Crippen LogP contribution in [-0.4, -0.2) is 14.8 Å². The zero-order valence-corrected chi connectivity index (χ0v) is 12.3. The van der Waals surface area contributed by atoms with Crippen molar-refractivity contribution < 1.29 is 0 Å². The van der Waals surface area contributed by atoms with Crippen LogP contribution in [0, 0.1) is 0 Å². The summed E-state index contributed by atoms with van der Waals surface area (Å²) in [5.41, 5.74) is 3.17. The van der Waals surface area contributed by atoms with Gasteiger partial charge in [-0.2, -0.15) is 5.10 Å². The summed E-state index contributed by atoms with van der Waals surface area (Å²) >= 11 is 3.32. The number of halogens is 1. The standard InChI is InChI=1S/C15H13BrN4/c16-15-7-6-13(10-18-15)17-8-12-9-19-20(11-12)14-4-2-1-3-5-14/h1-7,9-11,17H,8H2. The maximum Gasteiger partial charge on any atom is 0.106 e. The van der Waals surface area contributed by atoms with Gasteiger partial charge in [-0.25, -0.2) is 9.67 Å². The van der Waals surface area contributed by atoms with Crippen molar-refractivity contribution in [3.63, 3.8) is 0 Å². The molecule has 0 aliphatic carbocycles. The van der Waals surface area contributed by atoms with Gasteiger partial charge in [0.2, 0.25) is 0 Å². The molecule has 2 aromatic heterocycles. The van der Waals surface area contributed by atoms with Crippen LogP contribution in [0.4, 0.5) is 5.69 Å². The number of pyridine rings is 1.